The van der Waals surface area contributed by atoms with Crippen LogP contribution in [0.25, 0.3) is 0 Å². The molecule has 0 aromatic heterocycles. The van der Waals surface area contributed by atoms with Gasteiger partial charge in [0.25, 0.3) is 5.91 Å². The van der Waals surface area contributed by atoms with Crippen molar-refractivity contribution in [3.05, 3.63) is 16.1 Å². The molecule has 2 N–H and O–H groups in total. The second kappa shape index (κ2) is 5.65. The van der Waals surface area contributed by atoms with E-state index in [9.17, 15) is 9.90 Å². The molecule has 1 aromatic carbocycles. The van der Waals surface area contributed by atoms with E-state index in [0.717, 1.165) is 6.42 Å². The molecule has 122 valence electrons. The van der Waals surface area contributed by atoms with Crippen molar-refractivity contribution in [3.8, 4) is 17.2 Å². The first-order valence-electron chi connectivity index (χ1n) is 7.14. The number of amides is 1. The largest absolute Gasteiger partial charge is 0.504 e. The number of carbonyl (C=O) groups is 1. The van der Waals surface area contributed by atoms with Gasteiger partial charge < -0.3 is 19.9 Å². The van der Waals surface area contributed by atoms with Crippen molar-refractivity contribution in [2.75, 3.05) is 6.79 Å². The fraction of sp³-hybridized carbons (Fsp3) is 0.562. The van der Waals surface area contributed by atoms with Crippen molar-refractivity contribution in [1.82, 2.24) is 5.32 Å². The topological polar surface area (TPSA) is 67.8 Å². The van der Waals surface area contributed by atoms with Crippen LogP contribution >= 0.6 is 15.9 Å². The maximum absolute atomic E-state index is 12.5. The van der Waals surface area contributed by atoms with Crippen LogP contribution in [-0.2, 0) is 0 Å². The van der Waals surface area contributed by atoms with Crippen LogP contribution in [0.3, 0.4) is 0 Å². The number of rotatable bonds is 3. The summed E-state index contributed by atoms with van der Waals surface area (Å²) in [6, 6.07) is 1.55. The lowest BCUT2D eigenvalue weighted by Crippen LogP contribution is -2.45. The fourth-order valence-corrected chi connectivity index (χ4v) is 3.46. The van der Waals surface area contributed by atoms with E-state index in [4.69, 9.17) is 9.47 Å². The van der Waals surface area contributed by atoms with Gasteiger partial charge in [0.15, 0.2) is 11.5 Å². The van der Waals surface area contributed by atoms with Gasteiger partial charge in [-0.1, -0.05) is 20.8 Å². The average Bonchev–Trinajstić information content (AvgIpc) is 2.79. The molecule has 5 nitrogen and oxygen atoms in total. The lowest BCUT2D eigenvalue weighted by atomic mass is 9.81. The maximum Gasteiger partial charge on any atom is 0.255 e. The van der Waals surface area contributed by atoms with Crippen molar-refractivity contribution in [1.29, 1.82) is 0 Å². The van der Waals surface area contributed by atoms with Crippen molar-refractivity contribution in [2.45, 2.75) is 46.6 Å². The van der Waals surface area contributed by atoms with E-state index < -0.39 is 5.54 Å². The SMILES string of the molecule is CC(C)(C)CC(C)(C)NC(=O)c1cc(Br)c2c(c1O)OCO2. The van der Waals surface area contributed by atoms with Gasteiger partial charge >= 0.3 is 0 Å². The molecule has 1 aromatic rings. The van der Waals surface area contributed by atoms with Crippen LogP contribution in [0.5, 0.6) is 17.2 Å². The number of hydrogen-bond acceptors (Lipinski definition) is 4. The summed E-state index contributed by atoms with van der Waals surface area (Å²) < 4.78 is 11.1. The number of aromatic hydroxyl groups is 1. The summed E-state index contributed by atoms with van der Waals surface area (Å²) in [5, 5.41) is 13.2. The zero-order chi connectivity index (χ0) is 16.7. The summed E-state index contributed by atoms with van der Waals surface area (Å²) >= 11 is 3.33. The van der Waals surface area contributed by atoms with Gasteiger partial charge in [-0.3, -0.25) is 4.79 Å². The van der Waals surface area contributed by atoms with E-state index in [1.165, 1.54) is 0 Å². The molecule has 0 saturated heterocycles. The molecular formula is C16H22BrNO4. The Kier molecular flexibility index (Phi) is 4.35. The van der Waals surface area contributed by atoms with Crippen LogP contribution in [0.1, 0.15) is 51.4 Å². The Morgan fingerprint density at radius 1 is 1.27 bits per heavy atom. The quantitative estimate of drug-likeness (QED) is 0.846. The molecule has 2 rings (SSSR count). The lowest BCUT2D eigenvalue weighted by molar-refractivity contribution is 0.0888. The summed E-state index contributed by atoms with van der Waals surface area (Å²) in [5.41, 5.74) is -0.156. The first kappa shape index (κ1) is 16.9. The molecule has 1 aliphatic rings. The number of ether oxygens (including phenoxy) is 2. The summed E-state index contributed by atoms with van der Waals surface area (Å²) in [5.74, 6) is 0.0849. The number of carbonyl (C=O) groups excluding carboxylic acids is 1. The van der Waals surface area contributed by atoms with Crippen molar-refractivity contribution in [3.63, 3.8) is 0 Å². The zero-order valence-corrected chi connectivity index (χ0v) is 15.1. The molecule has 6 heteroatoms. The van der Waals surface area contributed by atoms with Gasteiger partial charge in [0.2, 0.25) is 12.5 Å². The molecular weight excluding hydrogens is 350 g/mol. The van der Waals surface area contributed by atoms with Crippen molar-refractivity contribution < 1.29 is 19.4 Å². The third kappa shape index (κ3) is 3.66. The Morgan fingerprint density at radius 3 is 2.45 bits per heavy atom. The number of phenolic OH excluding ortho intramolecular Hbond substituents is 1. The number of hydrogen-bond donors (Lipinski definition) is 2. The Hall–Kier alpha value is -1.43. The second-order valence-corrected chi connectivity index (χ2v) is 8.25. The predicted octanol–water partition coefficient (Wildman–Crippen LogP) is 3.83. The van der Waals surface area contributed by atoms with E-state index in [-0.39, 0.29) is 35.2 Å². The summed E-state index contributed by atoms with van der Waals surface area (Å²) in [6.07, 6.45) is 0.804. The Balaban J connectivity index is 2.26. The van der Waals surface area contributed by atoms with Gasteiger partial charge in [-0.2, -0.15) is 0 Å². The minimum atomic E-state index is -0.398. The van der Waals surface area contributed by atoms with E-state index in [2.05, 4.69) is 42.0 Å². The molecule has 1 aliphatic heterocycles. The van der Waals surface area contributed by atoms with Gasteiger partial charge in [0, 0.05) is 5.54 Å². The highest BCUT2D eigenvalue weighted by atomic mass is 79.9. The molecule has 1 heterocycles. The molecule has 0 atom stereocenters. The highest BCUT2D eigenvalue weighted by Gasteiger charge is 2.31. The molecule has 1 amide bonds. The van der Waals surface area contributed by atoms with Crippen LogP contribution in [-0.4, -0.2) is 23.3 Å². The highest BCUT2D eigenvalue weighted by molar-refractivity contribution is 9.10. The van der Waals surface area contributed by atoms with Crippen LogP contribution < -0.4 is 14.8 Å². The predicted molar refractivity (Wildman–Crippen MR) is 87.5 cm³/mol. The maximum atomic E-state index is 12.5. The van der Waals surface area contributed by atoms with Crippen LogP contribution in [0.2, 0.25) is 0 Å². The molecule has 0 fully saturated rings. The standard InChI is InChI=1S/C16H22BrNO4/c1-15(2,3)7-16(4,5)18-14(20)9-6-10(17)12-13(11(9)19)22-8-21-12/h6,19H,7-8H2,1-5H3,(H,18,20). The summed E-state index contributed by atoms with van der Waals surface area (Å²) in [6.45, 7) is 10.3. The van der Waals surface area contributed by atoms with Gasteiger partial charge in [0.1, 0.15) is 0 Å². The average molecular weight is 372 g/mol. The number of phenols is 1. The van der Waals surface area contributed by atoms with E-state index in [0.29, 0.717) is 10.2 Å². The van der Waals surface area contributed by atoms with E-state index in [1.54, 1.807) is 6.07 Å². The number of nitrogens with one attached hydrogen (secondary N) is 1. The van der Waals surface area contributed by atoms with Crippen LogP contribution in [0.4, 0.5) is 0 Å². The third-order valence-corrected chi connectivity index (χ3v) is 3.83. The summed E-state index contributed by atoms with van der Waals surface area (Å²) in [4.78, 5) is 12.5. The molecule has 0 spiro atoms. The highest BCUT2D eigenvalue weighted by Crippen LogP contribution is 2.47. The zero-order valence-electron chi connectivity index (χ0n) is 13.5. The smallest absolute Gasteiger partial charge is 0.255 e. The van der Waals surface area contributed by atoms with Crippen molar-refractivity contribution in [2.24, 2.45) is 5.41 Å². The van der Waals surface area contributed by atoms with E-state index in [1.807, 2.05) is 13.8 Å². The normalized spacial score (nSPS) is 14.1. The van der Waals surface area contributed by atoms with Gasteiger partial charge in [-0.05, 0) is 47.7 Å². The van der Waals surface area contributed by atoms with Gasteiger partial charge in [-0.25, -0.2) is 0 Å². The number of benzene rings is 1. The van der Waals surface area contributed by atoms with Crippen LogP contribution in [0.15, 0.2) is 10.5 Å². The molecule has 0 aliphatic carbocycles. The van der Waals surface area contributed by atoms with Gasteiger partial charge in [0.05, 0.1) is 10.0 Å². The minimum absolute atomic E-state index is 0.0298. The first-order chi connectivity index (χ1) is 10.0. The van der Waals surface area contributed by atoms with Crippen LogP contribution in [0, 0.1) is 5.41 Å². The second-order valence-electron chi connectivity index (χ2n) is 7.39. The lowest BCUT2D eigenvalue weighted by Gasteiger charge is -2.33. The Morgan fingerprint density at radius 2 is 1.86 bits per heavy atom. The molecule has 0 unspecified atom stereocenters. The molecule has 0 radical (unpaired) electrons. The molecule has 22 heavy (non-hydrogen) atoms. The first-order valence-corrected chi connectivity index (χ1v) is 7.93. The molecule has 0 saturated carbocycles. The fourth-order valence-electron chi connectivity index (χ4n) is 2.93. The van der Waals surface area contributed by atoms with Gasteiger partial charge in [-0.15, -0.1) is 0 Å². The Labute approximate surface area is 139 Å². The Bertz CT molecular complexity index is 605. The molecule has 0 bridgehead atoms. The third-order valence-electron chi connectivity index (χ3n) is 3.24. The number of fused-ring (bicyclic) bond motifs is 1. The van der Waals surface area contributed by atoms with E-state index >= 15 is 0 Å². The summed E-state index contributed by atoms with van der Waals surface area (Å²) in [7, 11) is 0. The number of halogens is 1. The van der Waals surface area contributed by atoms with Crippen molar-refractivity contribution >= 4 is 21.8 Å². The minimum Gasteiger partial charge on any atom is -0.504 e. The monoisotopic (exact) mass is 371 g/mol.